The summed E-state index contributed by atoms with van der Waals surface area (Å²) in [6, 6.07) is 24.1. The third kappa shape index (κ3) is 3.57. The Morgan fingerprint density at radius 3 is 2.54 bits per heavy atom. The number of rotatable bonds is 7. The van der Waals surface area contributed by atoms with Gasteiger partial charge in [0.2, 0.25) is 0 Å². The minimum Gasteiger partial charge on any atom is -0.492 e. The van der Waals surface area contributed by atoms with Gasteiger partial charge in [-0.15, -0.1) is 0 Å². The molecule has 4 heteroatoms. The molecule has 0 bridgehead atoms. The van der Waals surface area contributed by atoms with E-state index in [0.717, 1.165) is 22.3 Å². The zero-order valence-electron chi connectivity index (χ0n) is 14.5. The molecule has 0 amide bonds. The van der Waals surface area contributed by atoms with Crippen molar-refractivity contribution in [2.45, 2.75) is 6.10 Å². The molecule has 4 rings (SSSR count). The van der Waals surface area contributed by atoms with E-state index in [0.29, 0.717) is 19.7 Å². The van der Waals surface area contributed by atoms with Crippen LogP contribution in [0.15, 0.2) is 72.8 Å². The van der Waals surface area contributed by atoms with E-state index in [9.17, 15) is 5.11 Å². The number of aliphatic hydroxyl groups is 1. The highest BCUT2D eigenvalue weighted by Gasteiger charge is 2.06. The van der Waals surface area contributed by atoms with E-state index in [1.807, 2.05) is 48.5 Å². The van der Waals surface area contributed by atoms with Crippen LogP contribution in [0.2, 0.25) is 0 Å². The topological polar surface area (TPSA) is 57.3 Å². The van der Waals surface area contributed by atoms with Crippen LogP contribution < -0.4 is 10.1 Å². The maximum Gasteiger partial charge on any atom is 0.121 e. The van der Waals surface area contributed by atoms with Crippen molar-refractivity contribution in [3.05, 3.63) is 78.4 Å². The van der Waals surface area contributed by atoms with Crippen molar-refractivity contribution < 1.29 is 9.84 Å². The molecule has 1 aromatic heterocycles. The van der Waals surface area contributed by atoms with E-state index in [1.54, 1.807) is 0 Å². The van der Waals surface area contributed by atoms with E-state index in [-0.39, 0.29) is 0 Å². The van der Waals surface area contributed by atoms with Crippen molar-refractivity contribution in [2.75, 3.05) is 19.7 Å². The minimum atomic E-state index is -0.501. The standard InChI is InChI=1S/C22H22N2O2/c25-22(16-6-2-1-3-7-16)15-23-12-13-26-17-10-11-19-18-8-4-5-9-20(18)24-21(19)14-17/h1-11,14,22-25H,12-13,15H2/t22-/m0/s1. The fourth-order valence-corrected chi connectivity index (χ4v) is 3.20. The zero-order chi connectivity index (χ0) is 17.8. The lowest BCUT2D eigenvalue weighted by Gasteiger charge is -2.12. The van der Waals surface area contributed by atoms with Gasteiger partial charge in [-0.1, -0.05) is 48.5 Å². The molecular formula is C22H22N2O2. The lowest BCUT2D eigenvalue weighted by atomic mass is 10.1. The van der Waals surface area contributed by atoms with Crippen LogP contribution >= 0.6 is 0 Å². The average Bonchev–Trinajstić information content (AvgIpc) is 3.06. The normalized spacial score (nSPS) is 12.5. The molecule has 0 spiro atoms. The van der Waals surface area contributed by atoms with Crippen molar-refractivity contribution in [1.29, 1.82) is 0 Å². The average molecular weight is 346 g/mol. The van der Waals surface area contributed by atoms with Crippen LogP contribution in [0, 0.1) is 0 Å². The fourth-order valence-electron chi connectivity index (χ4n) is 3.20. The summed E-state index contributed by atoms with van der Waals surface area (Å²) < 4.78 is 5.83. The van der Waals surface area contributed by atoms with Crippen LogP contribution in [0.5, 0.6) is 5.75 Å². The predicted octanol–water partition coefficient (Wildman–Crippen LogP) is 4.02. The van der Waals surface area contributed by atoms with Crippen molar-refractivity contribution in [3.8, 4) is 5.75 Å². The second kappa shape index (κ2) is 7.60. The Bertz CT molecular complexity index is 995. The van der Waals surface area contributed by atoms with E-state index >= 15 is 0 Å². The third-order valence-electron chi connectivity index (χ3n) is 4.55. The Morgan fingerprint density at radius 1 is 0.885 bits per heavy atom. The predicted molar refractivity (Wildman–Crippen MR) is 106 cm³/mol. The first-order chi connectivity index (χ1) is 12.8. The molecule has 4 aromatic rings. The van der Waals surface area contributed by atoms with Gasteiger partial charge in [0.25, 0.3) is 0 Å². The molecule has 0 fully saturated rings. The number of fused-ring (bicyclic) bond motifs is 3. The molecular weight excluding hydrogens is 324 g/mol. The second-order valence-corrected chi connectivity index (χ2v) is 6.36. The Morgan fingerprint density at radius 2 is 1.65 bits per heavy atom. The van der Waals surface area contributed by atoms with Crippen LogP contribution in [-0.4, -0.2) is 29.8 Å². The van der Waals surface area contributed by atoms with Crippen LogP contribution in [0.25, 0.3) is 21.8 Å². The summed E-state index contributed by atoms with van der Waals surface area (Å²) in [4.78, 5) is 3.42. The monoisotopic (exact) mass is 346 g/mol. The number of hydrogen-bond acceptors (Lipinski definition) is 3. The van der Waals surface area contributed by atoms with E-state index < -0.39 is 6.10 Å². The number of benzene rings is 3. The summed E-state index contributed by atoms with van der Waals surface area (Å²) in [5, 5.41) is 15.8. The molecule has 0 aliphatic rings. The SMILES string of the molecule is O[C@@H](CNCCOc1ccc2c(c1)[nH]c1ccccc12)c1ccccc1. The molecule has 1 heterocycles. The van der Waals surface area contributed by atoms with E-state index in [2.05, 4.69) is 34.6 Å². The summed E-state index contributed by atoms with van der Waals surface area (Å²) in [5.41, 5.74) is 3.14. The quantitative estimate of drug-likeness (QED) is 0.443. The molecule has 0 radical (unpaired) electrons. The van der Waals surface area contributed by atoms with Crippen LogP contribution in [0.4, 0.5) is 0 Å². The number of hydrogen-bond donors (Lipinski definition) is 3. The maximum absolute atomic E-state index is 10.1. The van der Waals surface area contributed by atoms with Crippen molar-refractivity contribution in [2.24, 2.45) is 0 Å². The number of aromatic nitrogens is 1. The second-order valence-electron chi connectivity index (χ2n) is 6.36. The Hall–Kier alpha value is -2.82. The first-order valence-corrected chi connectivity index (χ1v) is 8.88. The fraction of sp³-hybridized carbons (Fsp3) is 0.182. The van der Waals surface area contributed by atoms with Gasteiger partial charge >= 0.3 is 0 Å². The maximum atomic E-state index is 10.1. The summed E-state index contributed by atoms with van der Waals surface area (Å²) in [6.45, 7) is 1.73. The number of H-pyrrole nitrogens is 1. The summed E-state index contributed by atoms with van der Waals surface area (Å²) in [6.07, 6.45) is -0.501. The molecule has 4 nitrogen and oxygen atoms in total. The molecule has 0 unspecified atom stereocenters. The molecule has 0 saturated carbocycles. The van der Waals surface area contributed by atoms with Crippen molar-refractivity contribution in [3.63, 3.8) is 0 Å². The summed E-state index contributed by atoms with van der Waals surface area (Å²) >= 11 is 0. The van der Waals surface area contributed by atoms with Crippen LogP contribution in [0.1, 0.15) is 11.7 Å². The molecule has 26 heavy (non-hydrogen) atoms. The highest BCUT2D eigenvalue weighted by Crippen LogP contribution is 2.28. The lowest BCUT2D eigenvalue weighted by Crippen LogP contribution is -2.26. The Labute approximate surface area is 152 Å². The number of para-hydroxylation sites is 1. The van der Waals surface area contributed by atoms with Gasteiger partial charge in [-0.05, 0) is 23.8 Å². The van der Waals surface area contributed by atoms with Gasteiger partial charge in [0, 0.05) is 35.4 Å². The molecule has 0 saturated heterocycles. The number of ether oxygens (including phenoxy) is 1. The van der Waals surface area contributed by atoms with Crippen LogP contribution in [0.3, 0.4) is 0 Å². The van der Waals surface area contributed by atoms with Gasteiger partial charge in [-0.25, -0.2) is 0 Å². The summed E-state index contributed by atoms with van der Waals surface area (Å²) in [5.74, 6) is 0.842. The summed E-state index contributed by atoms with van der Waals surface area (Å²) in [7, 11) is 0. The lowest BCUT2D eigenvalue weighted by molar-refractivity contribution is 0.172. The number of aliphatic hydroxyl groups excluding tert-OH is 1. The highest BCUT2D eigenvalue weighted by atomic mass is 16.5. The van der Waals surface area contributed by atoms with E-state index in [1.165, 1.54) is 10.8 Å². The zero-order valence-corrected chi connectivity index (χ0v) is 14.5. The van der Waals surface area contributed by atoms with Gasteiger partial charge in [0.15, 0.2) is 0 Å². The third-order valence-corrected chi connectivity index (χ3v) is 4.55. The van der Waals surface area contributed by atoms with Gasteiger partial charge < -0.3 is 20.1 Å². The first-order valence-electron chi connectivity index (χ1n) is 8.88. The number of nitrogens with one attached hydrogen (secondary N) is 2. The van der Waals surface area contributed by atoms with Crippen molar-refractivity contribution in [1.82, 2.24) is 10.3 Å². The molecule has 3 N–H and O–H groups in total. The van der Waals surface area contributed by atoms with Gasteiger partial charge in [-0.2, -0.15) is 0 Å². The molecule has 3 aromatic carbocycles. The Balaban J connectivity index is 1.30. The van der Waals surface area contributed by atoms with Crippen LogP contribution in [-0.2, 0) is 0 Å². The smallest absolute Gasteiger partial charge is 0.121 e. The molecule has 132 valence electrons. The van der Waals surface area contributed by atoms with E-state index in [4.69, 9.17) is 4.74 Å². The molecule has 0 aliphatic heterocycles. The van der Waals surface area contributed by atoms with Gasteiger partial charge in [-0.3, -0.25) is 0 Å². The van der Waals surface area contributed by atoms with Gasteiger partial charge in [0.1, 0.15) is 12.4 Å². The first kappa shape index (κ1) is 16.6. The van der Waals surface area contributed by atoms with Gasteiger partial charge in [0.05, 0.1) is 11.6 Å². The largest absolute Gasteiger partial charge is 0.492 e. The van der Waals surface area contributed by atoms with Crippen molar-refractivity contribution >= 4 is 21.8 Å². The minimum absolute atomic E-state index is 0.501. The number of aromatic amines is 1. The highest BCUT2D eigenvalue weighted by molar-refractivity contribution is 6.07. The molecule has 1 atom stereocenters. The Kier molecular flexibility index (Phi) is 4.86. The molecule has 0 aliphatic carbocycles.